The van der Waals surface area contributed by atoms with Gasteiger partial charge >= 0.3 is 5.97 Å². The molecule has 0 unspecified atom stereocenters. The zero-order valence-corrected chi connectivity index (χ0v) is 13.7. The van der Waals surface area contributed by atoms with Crippen LogP contribution in [0.4, 0.5) is 5.69 Å². The molecule has 1 aromatic carbocycles. The molecule has 0 saturated heterocycles. The molecule has 4 heteroatoms. The number of rotatable bonds is 9. The van der Waals surface area contributed by atoms with Crippen molar-refractivity contribution in [2.45, 2.75) is 33.1 Å². The van der Waals surface area contributed by atoms with Gasteiger partial charge < -0.3 is 9.47 Å². The Hall–Kier alpha value is -2.54. The molecule has 0 aliphatic carbocycles. The first kappa shape index (κ1) is 18.5. The maximum atomic E-state index is 11.3. The van der Waals surface area contributed by atoms with Crippen LogP contribution in [0.5, 0.6) is 5.75 Å². The molecule has 0 aliphatic rings. The van der Waals surface area contributed by atoms with Gasteiger partial charge in [-0.15, -0.1) is 6.42 Å². The van der Waals surface area contributed by atoms with Gasteiger partial charge in [-0.2, -0.15) is 0 Å². The molecule has 0 aromatic heterocycles. The second-order valence-corrected chi connectivity index (χ2v) is 4.71. The number of terminal acetylenes is 1. The van der Waals surface area contributed by atoms with Gasteiger partial charge in [-0.3, -0.25) is 4.79 Å². The molecule has 1 aromatic rings. The van der Waals surface area contributed by atoms with Crippen molar-refractivity contribution in [1.29, 1.82) is 0 Å². The van der Waals surface area contributed by atoms with E-state index in [4.69, 9.17) is 15.9 Å². The van der Waals surface area contributed by atoms with Crippen molar-refractivity contribution < 1.29 is 14.3 Å². The lowest BCUT2D eigenvalue weighted by Crippen LogP contribution is -2.06. The van der Waals surface area contributed by atoms with E-state index in [1.54, 1.807) is 6.92 Å². The van der Waals surface area contributed by atoms with E-state index in [-0.39, 0.29) is 5.97 Å². The number of esters is 1. The third-order valence-electron chi connectivity index (χ3n) is 2.91. The number of ether oxygens (including phenoxy) is 2. The predicted molar refractivity (Wildman–Crippen MR) is 94.1 cm³/mol. The zero-order valence-electron chi connectivity index (χ0n) is 13.7. The number of hydrogen-bond acceptors (Lipinski definition) is 4. The minimum absolute atomic E-state index is 0.193. The van der Waals surface area contributed by atoms with Gasteiger partial charge in [0.1, 0.15) is 5.75 Å². The highest BCUT2D eigenvalue weighted by molar-refractivity contribution is 5.81. The van der Waals surface area contributed by atoms with E-state index in [2.05, 4.69) is 23.9 Å². The normalized spacial score (nSPS) is 10.8. The van der Waals surface area contributed by atoms with E-state index in [0.717, 1.165) is 23.4 Å². The summed E-state index contributed by atoms with van der Waals surface area (Å²) in [5.41, 5.74) is 1.74. The van der Waals surface area contributed by atoms with Crippen molar-refractivity contribution in [3.63, 3.8) is 0 Å². The first-order valence-electron chi connectivity index (χ1n) is 7.78. The van der Waals surface area contributed by atoms with E-state index in [0.29, 0.717) is 26.1 Å². The Morgan fingerprint density at radius 1 is 1.39 bits per heavy atom. The molecule has 122 valence electrons. The third kappa shape index (κ3) is 7.32. The lowest BCUT2D eigenvalue weighted by molar-refractivity contribution is -0.143. The Morgan fingerprint density at radius 2 is 2.22 bits per heavy atom. The molecule has 0 saturated carbocycles. The molecule has 0 aliphatic heterocycles. The first-order chi connectivity index (χ1) is 11.2. The third-order valence-corrected chi connectivity index (χ3v) is 2.91. The van der Waals surface area contributed by atoms with Crippen LogP contribution in [0.25, 0.3) is 6.08 Å². The van der Waals surface area contributed by atoms with Crippen molar-refractivity contribution in [2.75, 3.05) is 13.2 Å². The van der Waals surface area contributed by atoms with Crippen LogP contribution in [0.3, 0.4) is 0 Å². The van der Waals surface area contributed by atoms with Crippen LogP contribution >= 0.6 is 0 Å². The number of carbonyl (C=O) groups is 1. The molecule has 0 radical (unpaired) electrons. The standard InChI is InChI=1S/C19H23NO3/c1-4-7-9-16-15-17(11-12-18(16)20-13-5-2)23-14-8-10-19(21)22-6-3/h2,7,9,11-13,15H,4,6,8,10,14H2,1,3H3/b9-7-,20-13?. The summed E-state index contributed by atoms with van der Waals surface area (Å²) < 4.78 is 10.6. The van der Waals surface area contributed by atoms with Crippen LogP contribution in [-0.4, -0.2) is 25.4 Å². The Morgan fingerprint density at radius 3 is 2.91 bits per heavy atom. The van der Waals surface area contributed by atoms with E-state index in [9.17, 15) is 4.79 Å². The molecule has 0 spiro atoms. The first-order valence-corrected chi connectivity index (χ1v) is 7.78. The average Bonchev–Trinajstić information content (AvgIpc) is 2.56. The average molecular weight is 313 g/mol. The van der Waals surface area contributed by atoms with Gasteiger partial charge in [0.15, 0.2) is 0 Å². The van der Waals surface area contributed by atoms with Crippen LogP contribution in [0.1, 0.15) is 38.7 Å². The van der Waals surface area contributed by atoms with Gasteiger partial charge in [0, 0.05) is 12.0 Å². The highest BCUT2D eigenvalue weighted by Crippen LogP contribution is 2.26. The van der Waals surface area contributed by atoms with Crippen molar-refractivity contribution in [1.82, 2.24) is 0 Å². The fourth-order valence-corrected chi connectivity index (χ4v) is 1.86. The molecular formula is C19H23NO3. The molecule has 0 heterocycles. The van der Waals surface area contributed by atoms with E-state index < -0.39 is 0 Å². The van der Waals surface area contributed by atoms with Gasteiger partial charge in [-0.1, -0.05) is 25.0 Å². The smallest absolute Gasteiger partial charge is 0.305 e. The molecule has 4 nitrogen and oxygen atoms in total. The second kappa shape index (κ2) is 11.1. The van der Waals surface area contributed by atoms with Crippen LogP contribution in [0.15, 0.2) is 29.3 Å². The van der Waals surface area contributed by atoms with Crippen LogP contribution in [-0.2, 0) is 9.53 Å². The highest BCUT2D eigenvalue weighted by atomic mass is 16.5. The van der Waals surface area contributed by atoms with Crippen LogP contribution in [0, 0.1) is 12.3 Å². The number of benzene rings is 1. The lowest BCUT2D eigenvalue weighted by atomic mass is 10.1. The number of hydrogen-bond donors (Lipinski definition) is 0. The summed E-state index contributed by atoms with van der Waals surface area (Å²) in [6.45, 7) is 4.73. The van der Waals surface area contributed by atoms with Crippen molar-refractivity contribution in [3.05, 3.63) is 29.8 Å². The SMILES string of the molecule is C#CC=Nc1ccc(OCCCC(=O)OCC)cc1/C=C\CC. The van der Waals surface area contributed by atoms with Crippen molar-refractivity contribution in [2.24, 2.45) is 4.99 Å². The van der Waals surface area contributed by atoms with E-state index >= 15 is 0 Å². The molecular weight excluding hydrogens is 290 g/mol. The van der Waals surface area contributed by atoms with E-state index in [1.807, 2.05) is 24.3 Å². The Kier molecular flexibility index (Phi) is 8.92. The molecule has 23 heavy (non-hydrogen) atoms. The molecule has 0 N–H and O–H groups in total. The minimum atomic E-state index is -0.193. The summed E-state index contributed by atoms with van der Waals surface area (Å²) in [5, 5.41) is 0. The molecule has 0 amide bonds. The number of nitrogens with zero attached hydrogens (tertiary/aromatic N) is 1. The maximum Gasteiger partial charge on any atom is 0.305 e. The van der Waals surface area contributed by atoms with E-state index in [1.165, 1.54) is 6.21 Å². The predicted octanol–water partition coefficient (Wildman–Crippen LogP) is 4.17. The summed E-state index contributed by atoms with van der Waals surface area (Å²) in [6, 6.07) is 5.63. The largest absolute Gasteiger partial charge is 0.494 e. The number of allylic oxidation sites excluding steroid dienone is 1. The van der Waals surface area contributed by atoms with Crippen molar-refractivity contribution >= 4 is 23.9 Å². The summed E-state index contributed by atoms with van der Waals surface area (Å²) in [5.74, 6) is 2.93. The van der Waals surface area contributed by atoms with Gasteiger partial charge in [0.25, 0.3) is 0 Å². The van der Waals surface area contributed by atoms with Crippen LogP contribution in [0.2, 0.25) is 0 Å². The summed E-state index contributed by atoms with van der Waals surface area (Å²) in [6.07, 6.45) is 12.6. The van der Waals surface area contributed by atoms with Crippen LogP contribution < -0.4 is 4.74 Å². The van der Waals surface area contributed by atoms with Crippen molar-refractivity contribution in [3.8, 4) is 18.1 Å². The summed E-state index contributed by atoms with van der Waals surface area (Å²) in [7, 11) is 0. The summed E-state index contributed by atoms with van der Waals surface area (Å²) in [4.78, 5) is 15.5. The second-order valence-electron chi connectivity index (χ2n) is 4.71. The maximum absolute atomic E-state index is 11.3. The topological polar surface area (TPSA) is 47.9 Å². The summed E-state index contributed by atoms with van der Waals surface area (Å²) >= 11 is 0. The fourth-order valence-electron chi connectivity index (χ4n) is 1.86. The van der Waals surface area contributed by atoms with Gasteiger partial charge in [0.2, 0.25) is 0 Å². The molecule has 0 atom stereocenters. The number of aliphatic imine (C=N–C) groups is 1. The Labute approximate surface area is 138 Å². The zero-order chi connectivity index (χ0) is 16.9. The quantitative estimate of drug-likeness (QED) is 0.297. The minimum Gasteiger partial charge on any atom is -0.494 e. The highest BCUT2D eigenvalue weighted by Gasteiger charge is 2.04. The number of carbonyl (C=O) groups excluding carboxylic acids is 1. The van der Waals surface area contributed by atoms with Gasteiger partial charge in [0.05, 0.1) is 25.1 Å². The fraction of sp³-hybridized carbons (Fsp3) is 0.368. The molecule has 1 rings (SSSR count). The lowest BCUT2D eigenvalue weighted by Gasteiger charge is -2.08. The van der Waals surface area contributed by atoms with Gasteiger partial charge in [-0.25, -0.2) is 4.99 Å². The Bertz CT molecular complexity index is 597. The van der Waals surface area contributed by atoms with Gasteiger partial charge in [-0.05, 0) is 38.0 Å². The Balaban J connectivity index is 2.66. The molecule has 0 fully saturated rings. The molecule has 0 bridgehead atoms. The monoisotopic (exact) mass is 313 g/mol.